The summed E-state index contributed by atoms with van der Waals surface area (Å²) < 4.78 is 9.09. The van der Waals surface area contributed by atoms with E-state index in [1.165, 1.54) is 77.0 Å². The van der Waals surface area contributed by atoms with Gasteiger partial charge >= 0.3 is 5.97 Å². The largest absolute Gasteiger partial charge is 0.481 e. The molecule has 37 heavy (non-hydrogen) atoms. The summed E-state index contributed by atoms with van der Waals surface area (Å²) in [4.78, 5) is 22.4. The molecule has 4 nitrogen and oxygen atoms in total. The number of aliphatic carboxylic acids is 1. The highest BCUT2D eigenvalue weighted by Gasteiger charge is 2.61. The molecule has 4 atom stereocenters. The number of carboxylic acid groups (broad SMARTS) is 1. The summed E-state index contributed by atoms with van der Waals surface area (Å²) in [6, 6.07) is 0. The van der Waals surface area contributed by atoms with E-state index in [0.717, 1.165) is 11.8 Å². The van der Waals surface area contributed by atoms with Crippen LogP contribution in [0.5, 0.6) is 0 Å². The summed E-state index contributed by atoms with van der Waals surface area (Å²) in [5.74, 6) is 1.09. The summed E-state index contributed by atoms with van der Waals surface area (Å²) in [7, 11) is 7.36. The first-order valence-corrected chi connectivity index (χ1v) is 16.7. The number of rotatable bonds is 4. The number of hydrogen-bond donors (Lipinski definition) is 1. The standard InChI is InChI=1S/C14H21ClO.C14H22O2.CH4.Cl2OS/c2*1-12-3-10-4-13(2,7-12)9-14(5-10,8-12)6-11(15)16;;1-4(2)3/h10H,3-9H2,1-2H3;10H,3-9H2,1-2H3,(H,15,16);1H4;. The zero-order chi connectivity index (χ0) is 26.8. The first-order valence-electron chi connectivity index (χ1n) is 13.5. The van der Waals surface area contributed by atoms with Gasteiger partial charge in [-0.05, 0) is 133 Å². The lowest BCUT2D eigenvalue weighted by Gasteiger charge is -2.65. The maximum Gasteiger partial charge on any atom is 0.303 e. The highest BCUT2D eigenvalue weighted by atomic mass is 36.0. The van der Waals surface area contributed by atoms with Gasteiger partial charge in [0.15, 0.2) is 0 Å². The van der Waals surface area contributed by atoms with Crippen molar-refractivity contribution < 1.29 is 18.9 Å². The minimum Gasteiger partial charge on any atom is -0.481 e. The zero-order valence-corrected chi connectivity index (χ0v) is 25.4. The van der Waals surface area contributed by atoms with Gasteiger partial charge in [0.2, 0.25) is 14.5 Å². The van der Waals surface area contributed by atoms with Crippen LogP contribution < -0.4 is 0 Å². The van der Waals surface area contributed by atoms with Crippen LogP contribution in [0.25, 0.3) is 0 Å². The van der Waals surface area contributed by atoms with Gasteiger partial charge < -0.3 is 5.11 Å². The third-order valence-corrected chi connectivity index (χ3v) is 10.7. The minimum atomic E-state index is -1.67. The number of halogens is 3. The van der Waals surface area contributed by atoms with Crippen molar-refractivity contribution in [1.29, 1.82) is 0 Å². The van der Waals surface area contributed by atoms with Gasteiger partial charge in [-0.1, -0.05) is 35.1 Å². The fourth-order valence-corrected chi connectivity index (χ4v) is 12.7. The van der Waals surface area contributed by atoms with Crippen molar-refractivity contribution in [3.63, 3.8) is 0 Å². The maximum atomic E-state index is 11.3. The molecule has 0 aromatic carbocycles. The third kappa shape index (κ3) is 7.27. The Hall–Kier alpha value is 0.160. The van der Waals surface area contributed by atoms with Crippen LogP contribution in [0.15, 0.2) is 0 Å². The first-order chi connectivity index (χ1) is 16.4. The van der Waals surface area contributed by atoms with Gasteiger partial charge in [-0.2, -0.15) is 0 Å². The van der Waals surface area contributed by atoms with Crippen LogP contribution in [0.4, 0.5) is 0 Å². The molecule has 8 rings (SSSR count). The topological polar surface area (TPSA) is 71.4 Å². The van der Waals surface area contributed by atoms with Crippen molar-refractivity contribution in [3.8, 4) is 0 Å². The van der Waals surface area contributed by atoms with Gasteiger partial charge in [0.05, 0.1) is 6.42 Å². The summed E-state index contributed by atoms with van der Waals surface area (Å²) in [6.07, 6.45) is 16.5. The number of carboxylic acids is 1. The van der Waals surface area contributed by atoms with Gasteiger partial charge in [0.1, 0.15) is 0 Å². The Kier molecular flexibility index (Phi) is 9.02. The fourth-order valence-electron chi connectivity index (χ4n) is 12.4. The van der Waals surface area contributed by atoms with E-state index in [4.69, 9.17) is 20.9 Å². The molecule has 8 saturated carbocycles. The quantitative estimate of drug-likeness (QED) is 0.328. The molecule has 0 saturated heterocycles. The number of carbonyl (C=O) groups is 2. The number of carbonyl (C=O) groups excluding carboxylic acids is 1. The normalized spacial score (nSPS) is 47.9. The molecule has 1 N–H and O–H groups in total. The van der Waals surface area contributed by atoms with Crippen molar-refractivity contribution in [2.45, 2.75) is 125 Å². The molecule has 0 radical (unpaired) electrons. The SMILES string of the molecule is C.CC12CC3CC(C)(C1)CC(CC(=O)Cl)(C3)C2.CC12CC3CC(C)(C1)CC(CC(=O)O)(C3)C2.O=S(Cl)Cl. The molecule has 8 heteroatoms. The van der Waals surface area contributed by atoms with E-state index < -0.39 is 15.2 Å². The maximum absolute atomic E-state index is 11.3. The molecule has 8 aliphatic carbocycles. The van der Waals surface area contributed by atoms with E-state index in [-0.39, 0.29) is 23.5 Å². The van der Waals surface area contributed by atoms with Crippen LogP contribution in [0.2, 0.25) is 0 Å². The van der Waals surface area contributed by atoms with E-state index in [1.54, 1.807) is 0 Å². The van der Waals surface area contributed by atoms with Crippen LogP contribution >= 0.6 is 33.0 Å². The lowest BCUT2D eigenvalue weighted by Crippen LogP contribution is -2.55. The molecule has 8 aliphatic rings. The van der Waals surface area contributed by atoms with Crippen LogP contribution in [-0.4, -0.2) is 20.5 Å². The Morgan fingerprint density at radius 3 is 1.24 bits per heavy atom. The molecule has 0 spiro atoms. The van der Waals surface area contributed by atoms with Crippen molar-refractivity contribution in [2.24, 2.45) is 44.3 Å². The highest BCUT2D eigenvalue weighted by molar-refractivity contribution is 8.26. The molecule has 4 unspecified atom stereocenters. The van der Waals surface area contributed by atoms with Gasteiger partial charge in [-0.25, -0.2) is 4.21 Å². The monoisotopic (exact) mass is 596 g/mol. The molecule has 8 fully saturated rings. The molecular weight excluding hydrogens is 551 g/mol. The molecule has 0 aromatic rings. The average molecular weight is 598 g/mol. The Balaban J connectivity index is 0.000000176. The van der Waals surface area contributed by atoms with E-state index in [0.29, 0.717) is 34.5 Å². The molecule has 0 aliphatic heterocycles. The average Bonchev–Trinajstić information content (AvgIpc) is 2.52. The van der Waals surface area contributed by atoms with Gasteiger partial charge in [-0.15, -0.1) is 0 Å². The summed E-state index contributed by atoms with van der Waals surface area (Å²) in [6.45, 7) is 9.66. The molecular formula is C29H47Cl3O4S. The lowest BCUT2D eigenvalue weighted by atomic mass is 9.40. The zero-order valence-electron chi connectivity index (χ0n) is 22.3. The predicted octanol–water partition coefficient (Wildman–Crippen LogP) is 9.28. The second-order valence-corrected chi connectivity index (χ2v) is 18.5. The van der Waals surface area contributed by atoms with E-state index in [9.17, 15) is 9.59 Å². The molecule has 0 aromatic heterocycles. The van der Waals surface area contributed by atoms with Gasteiger partial charge in [0.25, 0.3) is 0 Å². The van der Waals surface area contributed by atoms with Gasteiger partial charge in [-0.3, -0.25) is 9.59 Å². The summed E-state index contributed by atoms with van der Waals surface area (Å²) in [5, 5.41) is 9.02. The van der Waals surface area contributed by atoms with E-state index in [1.807, 2.05) is 0 Å². The smallest absolute Gasteiger partial charge is 0.303 e. The van der Waals surface area contributed by atoms with Crippen LogP contribution in [-0.2, 0) is 18.8 Å². The Morgan fingerprint density at radius 2 is 1.00 bits per heavy atom. The Morgan fingerprint density at radius 1 is 0.703 bits per heavy atom. The van der Waals surface area contributed by atoms with Crippen molar-refractivity contribution in [3.05, 3.63) is 0 Å². The fraction of sp³-hybridized carbons (Fsp3) is 0.931. The Bertz CT molecular complexity index is 830. The van der Waals surface area contributed by atoms with E-state index >= 15 is 0 Å². The minimum absolute atomic E-state index is 0. The predicted molar refractivity (Wildman–Crippen MR) is 154 cm³/mol. The first kappa shape index (κ1) is 31.7. The lowest BCUT2D eigenvalue weighted by molar-refractivity contribution is -0.164. The van der Waals surface area contributed by atoms with Crippen LogP contribution in [0, 0.1) is 44.3 Å². The second-order valence-electron chi connectivity index (χ2n) is 15.5. The van der Waals surface area contributed by atoms with Crippen molar-refractivity contribution in [1.82, 2.24) is 0 Å². The molecule has 0 heterocycles. The third-order valence-electron chi connectivity index (χ3n) is 10.5. The van der Waals surface area contributed by atoms with Crippen LogP contribution in [0.1, 0.15) is 125 Å². The van der Waals surface area contributed by atoms with Crippen molar-refractivity contribution >= 4 is 53.4 Å². The molecule has 214 valence electrons. The van der Waals surface area contributed by atoms with Crippen molar-refractivity contribution in [2.75, 3.05) is 0 Å². The highest BCUT2D eigenvalue weighted by Crippen LogP contribution is 2.71. The van der Waals surface area contributed by atoms with Gasteiger partial charge in [0, 0.05) is 27.8 Å². The Labute approximate surface area is 240 Å². The molecule has 0 amide bonds. The second kappa shape index (κ2) is 10.5. The van der Waals surface area contributed by atoms with E-state index in [2.05, 4.69) is 49.1 Å². The summed E-state index contributed by atoms with van der Waals surface area (Å²) in [5.41, 5.74) is 2.31. The van der Waals surface area contributed by atoms with Crippen LogP contribution in [0.3, 0.4) is 0 Å². The summed E-state index contributed by atoms with van der Waals surface area (Å²) >= 11 is 5.67. The molecule has 8 bridgehead atoms. The number of hydrogen-bond acceptors (Lipinski definition) is 3.